The quantitative estimate of drug-likeness (QED) is 0.410. The summed E-state index contributed by atoms with van der Waals surface area (Å²) in [5, 5.41) is 22.2. The number of hydrogen-bond acceptors (Lipinski definition) is 8. The minimum absolute atomic E-state index is 0.0237. The van der Waals surface area contributed by atoms with Gasteiger partial charge in [0.15, 0.2) is 12.6 Å². The molecule has 188 valence electrons. The van der Waals surface area contributed by atoms with Gasteiger partial charge in [-0.05, 0) is 37.5 Å². The highest BCUT2D eigenvalue weighted by Gasteiger charge is 2.71. The molecule has 0 spiro atoms. The monoisotopic (exact) mass is 532 g/mol. The molecule has 0 unspecified atom stereocenters. The molecule has 8 nitrogen and oxygen atoms in total. The lowest BCUT2D eigenvalue weighted by atomic mass is 9.41. The molecule has 2 aliphatic heterocycles. The Labute approximate surface area is 203 Å². The average molecular weight is 533 g/mol. The Morgan fingerprint density at radius 2 is 1.88 bits per heavy atom. The Morgan fingerprint density at radius 1 is 1.15 bits per heavy atom. The molecule has 9 heteroatoms. The van der Waals surface area contributed by atoms with Crippen LogP contribution in [0.15, 0.2) is 0 Å². The van der Waals surface area contributed by atoms with E-state index in [2.05, 4.69) is 29.8 Å². The molecule has 4 fully saturated rings. The SMILES string of the molecule is CC(=O)OC[C@@]12[C@@H](OC(C)=O)C[C@@H](C)[C@](C)([C@@H]3C[C@H]4C[C@@H](O)O[C@H]4O3)[C@H]1CCC[C@]2(O)CBr. The Bertz CT molecular complexity index is 764. The largest absolute Gasteiger partial charge is 0.465 e. The van der Waals surface area contributed by atoms with Crippen molar-refractivity contribution in [3.63, 3.8) is 0 Å². The van der Waals surface area contributed by atoms with Crippen LogP contribution < -0.4 is 0 Å². The van der Waals surface area contributed by atoms with Crippen molar-refractivity contribution in [2.24, 2.45) is 28.6 Å². The van der Waals surface area contributed by atoms with Crippen LogP contribution in [0.1, 0.15) is 66.2 Å². The maximum Gasteiger partial charge on any atom is 0.302 e. The molecule has 0 aromatic rings. The second-order valence-electron chi connectivity index (χ2n) is 10.8. The number of aliphatic hydroxyl groups excluding tert-OH is 1. The molecule has 2 N–H and O–H groups in total. The van der Waals surface area contributed by atoms with Crippen molar-refractivity contribution in [2.75, 3.05) is 11.9 Å². The summed E-state index contributed by atoms with van der Waals surface area (Å²) in [6, 6.07) is 0. The van der Waals surface area contributed by atoms with Gasteiger partial charge in [0, 0.05) is 36.9 Å². The molecular formula is C24H37BrO8. The fraction of sp³-hybridized carbons (Fsp3) is 0.917. The van der Waals surface area contributed by atoms with Crippen molar-refractivity contribution >= 4 is 27.9 Å². The third-order valence-electron chi connectivity index (χ3n) is 9.26. The van der Waals surface area contributed by atoms with Crippen LogP contribution in [0.2, 0.25) is 0 Å². The predicted molar refractivity (Wildman–Crippen MR) is 121 cm³/mol. The van der Waals surface area contributed by atoms with Crippen LogP contribution in [0.5, 0.6) is 0 Å². The summed E-state index contributed by atoms with van der Waals surface area (Å²) in [7, 11) is 0. The van der Waals surface area contributed by atoms with Gasteiger partial charge in [0.2, 0.25) is 0 Å². The molecule has 0 aromatic carbocycles. The predicted octanol–water partition coefficient (Wildman–Crippen LogP) is 2.91. The van der Waals surface area contributed by atoms with Crippen molar-refractivity contribution in [1.82, 2.24) is 0 Å². The van der Waals surface area contributed by atoms with Gasteiger partial charge < -0.3 is 29.2 Å². The lowest BCUT2D eigenvalue weighted by Crippen LogP contribution is -2.72. The fourth-order valence-corrected chi connectivity index (χ4v) is 8.30. The summed E-state index contributed by atoms with van der Waals surface area (Å²) in [4.78, 5) is 24.1. The van der Waals surface area contributed by atoms with Gasteiger partial charge >= 0.3 is 11.9 Å². The van der Waals surface area contributed by atoms with Gasteiger partial charge in [-0.3, -0.25) is 9.59 Å². The Hall–Kier alpha value is -0.740. The Kier molecular flexibility index (Phi) is 6.95. The third kappa shape index (κ3) is 3.96. The second kappa shape index (κ2) is 9.04. The van der Waals surface area contributed by atoms with Gasteiger partial charge in [-0.25, -0.2) is 0 Å². The number of fused-ring (bicyclic) bond motifs is 2. The number of aliphatic hydroxyl groups is 2. The van der Waals surface area contributed by atoms with Gasteiger partial charge in [-0.15, -0.1) is 0 Å². The molecule has 4 aliphatic rings. The maximum absolute atomic E-state index is 12.2. The van der Waals surface area contributed by atoms with Gasteiger partial charge in [-0.1, -0.05) is 36.2 Å². The number of esters is 2. The smallest absolute Gasteiger partial charge is 0.302 e. The minimum Gasteiger partial charge on any atom is -0.465 e. The van der Waals surface area contributed by atoms with Crippen LogP contribution in [0.3, 0.4) is 0 Å². The van der Waals surface area contributed by atoms with Crippen LogP contribution in [0.25, 0.3) is 0 Å². The van der Waals surface area contributed by atoms with Crippen LogP contribution in [0.4, 0.5) is 0 Å². The zero-order chi connectivity index (χ0) is 24.2. The van der Waals surface area contributed by atoms with E-state index in [0.717, 1.165) is 19.3 Å². The van der Waals surface area contributed by atoms with E-state index in [4.69, 9.17) is 18.9 Å². The molecule has 0 amide bonds. The lowest BCUT2D eigenvalue weighted by Gasteiger charge is -2.66. The standard InChI is InChI=1S/C24H37BrO8/c1-13-8-19(31-15(3)27)24(12-30-14(2)26)17(6-5-7-23(24,29)11-25)22(13,4)18-9-16-10-20(28)33-21(16)32-18/h13,16-21,28-29H,5-12H2,1-4H3/t13-,16+,17-,18+,19+,20+,21-,22+,23+,24+/m1/s1. The summed E-state index contributed by atoms with van der Waals surface area (Å²) in [5.41, 5.74) is -2.59. The summed E-state index contributed by atoms with van der Waals surface area (Å²) in [5.74, 6) is -0.720. The van der Waals surface area contributed by atoms with E-state index in [1.165, 1.54) is 13.8 Å². The van der Waals surface area contributed by atoms with E-state index in [0.29, 0.717) is 19.3 Å². The lowest BCUT2D eigenvalue weighted by molar-refractivity contribution is -0.289. The average Bonchev–Trinajstić information content (AvgIpc) is 3.28. The topological polar surface area (TPSA) is 112 Å². The number of ether oxygens (including phenoxy) is 4. The number of carbonyl (C=O) groups excluding carboxylic acids is 2. The first-order chi connectivity index (χ1) is 15.5. The van der Waals surface area contributed by atoms with Crippen molar-refractivity contribution in [3.05, 3.63) is 0 Å². The maximum atomic E-state index is 12.2. The molecule has 2 heterocycles. The Balaban J connectivity index is 1.79. The first-order valence-electron chi connectivity index (χ1n) is 12.1. The van der Waals surface area contributed by atoms with E-state index in [-0.39, 0.29) is 41.2 Å². The van der Waals surface area contributed by atoms with Crippen LogP contribution in [-0.2, 0) is 28.5 Å². The zero-order valence-corrected chi connectivity index (χ0v) is 21.5. The summed E-state index contributed by atoms with van der Waals surface area (Å²) >= 11 is 3.54. The molecule has 10 atom stereocenters. The summed E-state index contributed by atoms with van der Waals surface area (Å²) in [6.07, 6.45) is 2.00. The van der Waals surface area contributed by atoms with Crippen LogP contribution in [-0.4, -0.2) is 64.5 Å². The highest BCUT2D eigenvalue weighted by molar-refractivity contribution is 9.09. The van der Waals surface area contributed by atoms with Crippen molar-refractivity contribution in [3.8, 4) is 0 Å². The first kappa shape index (κ1) is 25.4. The van der Waals surface area contributed by atoms with Gasteiger partial charge in [0.05, 0.1) is 17.1 Å². The second-order valence-corrected chi connectivity index (χ2v) is 11.4. The molecule has 0 bridgehead atoms. The van der Waals surface area contributed by atoms with Crippen molar-refractivity contribution in [1.29, 1.82) is 0 Å². The molecule has 2 saturated heterocycles. The van der Waals surface area contributed by atoms with E-state index in [1.807, 2.05) is 0 Å². The zero-order valence-electron chi connectivity index (χ0n) is 19.9. The fourth-order valence-electron chi connectivity index (χ4n) is 7.50. The number of alkyl halides is 1. The number of rotatable bonds is 5. The molecular weight excluding hydrogens is 496 g/mol. The normalized spacial score (nSPS) is 49.2. The Morgan fingerprint density at radius 3 is 2.48 bits per heavy atom. The van der Waals surface area contributed by atoms with Crippen LogP contribution in [0, 0.1) is 28.6 Å². The molecule has 0 aromatic heterocycles. The van der Waals surface area contributed by atoms with E-state index >= 15 is 0 Å². The number of halogens is 1. The molecule has 2 aliphatic carbocycles. The van der Waals surface area contributed by atoms with Crippen LogP contribution >= 0.6 is 15.9 Å². The molecule has 4 rings (SSSR count). The van der Waals surface area contributed by atoms with Gasteiger partial charge in [0.25, 0.3) is 0 Å². The highest BCUT2D eigenvalue weighted by atomic mass is 79.9. The van der Waals surface area contributed by atoms with E-state index in [9.17, 15) is 19.8 Å². The van der Waals surface area contributed by atoms with Crippen molar-refractivity contribution in [2.45, 2.75) is 96.6 Å². The molecule has 0 radical (unpaired) electrons. The molecule has 2 saturated carbocycles. The van der Waals surface area contributed by atoms with Gasteiger partial charge in [0.1, 0.15) is 12.7 Å². The van der Waals surface area contributed by atoms with Gasteiger partial charge in [-0.2, -0.15) is 0 Å². The van der Waals surface area contributed by atoms with E-state index in [1.54, 1.807) is 0 Å². The first-order valence-corrected chi connectivity index (χ1v) is 13.2. The number of hydrogen-bond donors (Lipinski definition) is 2. The summed E-state index contributed by atoms with van der Waals surface area (Å²) in [6.45, 7) is 7.08. The summed E-state index contributed by atoms with van der Waals surface area (Å²) < 4.78 is 23.5. The van der Waals surface area contributed by atoms with Crippen molar-refractivity contribution < 1.29 is 38.7 Å². The minimum atomic E-state index is -1.23. The molecule has 33 heavy (non-hydrogen) atoms. The highest BCUT2D eigenvalue weighted by Crippen LogP contribution is 2.67. The van der Waals surface area contributed by atoms with E-state index < -0.39 is 41.6 Å². The number of carbonyl (C=O) groups is 2. The third-order valence-corrected chi connectivity index (χ3v) is 10.2.